The van der Waals surface area contributed by atoms with Crippen LogP contribution in [0.15, 0.2) is 0 Å². The molecule has 76 valence electrons. The van der Waals surface area contributed by atoms with E-state index in [-0.39, 0.29) is 0 Å². The number of halogens is 2. The lowest BCUT2D eigenvalue weighted by atomic mass is 10.2. The van der Waals surface area contributed by atoms with Crippen molar-refractivity contribution in [1.29, 1.82) is 0 Å². The first kappa shape index (κ1) is 10.3. The van der Waals surface area contributed by atoms with Crippen molar-refractivity contribution in [3.63, 3.8) is 0 Å². The minimum absolute atomic E-state index is 0.339. The monoisotopic (exact) mass is 194 g/mol. The lowest BCUT2D eigenvalue weighted by molar-refractivity contribution is -0.144. The number of carbonyl (C=O) groups excluding carboxylic acids is 1. The molecular weight excluding hydrogens is 182 g/mol. The molecule has 0 saturated carbocycles. The molecule has 0 unspecified atom stereocenters. The maximum atomic E-state index is 12.0. The van der Waals surface area contributed by atoms with Crippen LogP contribution in [0.4, 0.5) is 8.78 Å². The van der Waals surface area contributed by atoms with Gasteiger partial charge in [-0.3, -0.25) is 4.79 Å². The summed E-state index contributed by atoms with van der Waals surface area (Å²) in [6.07, 6.45) is -3.76. The molecule has 1 amide bonds. The molecule has 1 saturated heterocycles. The Morgan fingerprint density at radius 1 is 1.62 bits per heavy atom. The molecule has 2 atom stereocenters. The molecule has 4 nitrogen and oxygen atoms in total. The van der Waals surface area contributed by atoms with Crippen molar-refractivity contribution in [2.24, 2.45) is 0 Å². The average molecular weight is 194 g/mol. The average Bonchev–Trinajstić information content (AvgIpc) is 2.48. The summed E-state index contributed by atoms with van der Waals surface area (Å²) in [7, 11) is 1.27. The fraction of sp³-hybridized carbons (Fsp3) is 0.857. The SMILES string of the molecule is CN(C(=O)C(F)F)[C@@H]1CNC[C@H]1O. The lowest BCUT2D eigenvalue weighted by Crippen LogP contribution is -2.46. The van der Waals surface area contributed by atoms with E-state index in [0.29, 0.717) is 13.1 Å². The molecule has 0 spiro atoms. The molecule has 2 N–H and O–H groups in total. The van der Waals surface area contributed by atoms with Crippen LogP contribution in [-0.2, 0) is 4.79 Å². The number of nitrogens with zero attached hydrogens (tertiary/aromatic N) is 1. The third kappa shape index (κ3) is 2.13. The van der Waals surface area contributed by atoms with Gasteiger partial charge in [0.15, 0.2) is 0 Å². The maximum Gasteiger partial charge on any atom is 0.315 e. The summed E-state index contributed by atoms with van der Waals surface area (Å²) in [5.74, 6) is -1.24. The van der Waals surface area contributed by atoms with Crippen LogP contribution < -0.4 is 5.32 Å². The zero-order valence-corrected chi connectivity index (χ0v) is 7.20. The smallest absolute Gasteiger partial charge is 0.315 e. The Morgan fingerprint density at radius 3 is 2.62 bits per heavy atom. The van der Waals surface area contributed by atoms with Crippen molar-refractivity contribution in [2.45, 2.75) is 18.6 Å². The summed E-state index contributed by atoms with van der Waals surface area (Å²) in [6.45, 7) is 0.696. The molecule has 0 aromatic heterocycles. The highest BCUT2D eigenvalue weighted by atomic mass is 19.3. The number of carbonyl (C=O) groups is 1. The summed E-state index contributed by atoms with van der Waals surface area (Å²) in [6, 6.07) is -0.540. The Labute approximate surface area is 74.5 Å². The minimum atomic E-state index is -3.00. The van der Waals surface area contributed by atoms with Gasteiger partial charge in [0.05, 0.1) is 12.1 Å². The fourth-order valence-electron chi connectivity index (χ4n) is 1.36. The van der Waals surface area contributed by atoms with E-state index >= 15 is 0 Å². The van der Waals surface area contributed by atoms with E-state index < -0.39 is 24.5 Å². The molecule has 1 aliphatic heterocycles. The van der Waals surface area contributed by atoms with E-state index in [9.17, 15) is 18.7 Å². The second kappa shape index (κ2) is 3.97. The van der Waals surface area contributed by atoms with Crippen molar-refractivity contribution in [2.75, 3.05) is 20.1 Å². The van der Waals surface area contributed by atoms with Crippen LogP contribution in [0.3, 0.4) is 0 Å². The Morgan fingerprint density at radius 2 is 2.23 bits per heavy atom. The number of alkyl halides is 2. The molecule has 13 heavy (non-hydrogen) atoms. The summed E-state index contributed by atoms with van der Waals surface area (Å²) >= 11 is 0. The maximum absolute atomic E-state index is 12.0. The highest BCUT2D eigenvalue weighted by molar-refractivity contribution is 5.79. The van der Waals surface area contributed by atoms with Gasteiger partial charge in [0.25, 0.3) is 5.91 Å². The van der Waals surface area contributed by atoms with Gasteiger partial charge in [-0.2, -0.15) is 8.78 Å². The number of aliphatic hydroxyl groups excluding tert-OH is 1. The number of hydrogen-bond donors (Lipinski definition) is 2. The van der Waals surface area contributed by atoms with Gasteiger partial charge in [-0.1, -0.05) is 0 Å². The topological polar surface area (TPSA) is 52.6 Å². The summed E-state index contributed by atoms with van der Waals surface area (Å²) in [4.78, 5) is 11.7. The van der Waals surface area contributed by atoms with Crippen LogP contribution in [-0.4, -0.2) is 54.6 Å². The number of rotatable bonds is 2. The number of aliphatic hydroxyl groups is 1. The molecule has 0 aliphatic carbocycles. The van der Waals surface area contributed by atoms with E-state index in [2.05, 4.69) is 5.32 Å². The van der Waals surface area contributed by atoms with Crippen molar-refractivity contribution in [3.8, 4) is 0 Å². The van der Waals surface area contributed by atoms with E-state index in [4.69, 9.17) is 0 Å². The van der Waals surface area contributed by atoms with Gasteiger partial charge in [-0.15, -0.1) is 0 Å². The molecule has 0 radical (unpaired) electrons. The van der Waals surface area contributed by atoms with Crippen molar-refractivity contribution in [1.82, 2.24) is 10.2 Å². The molecule has 1 rings (SSSR count). The molecular formula is C7H12F2N2O2. The van der Waals surface area contributed by atoms with Crippen LogP contribution in [0.2, 0.25) is 0 Å². The molecule has 1 fully saturated rings. The Kier molecular flexibility index (Phi) is 3.16. The van der Waals surface area contributed by atoms with E-state index in [1.807, 2.05) is 0 Å². The highest BCUT2D eigenvalue weighted by Crippen LogP contribution is 2.10. The first-order valence-corrected chi connectivity index (χ1v) is 3.97. The molecule has 1 aliphatic rings. The molecule has 6 heteroatoms. The number of nitrogens with one attached hydrogen (secondary N) is 1. The first-order valence-electron chi connectivity index (χ1n) is 3.97. The van der Waals surface area contributed by atoms with Gasteiger partial charge in [0, 0.05) is 20.1 Å². The first-order chi connectivity index (χ1) is 6.04. The van der Waals surface area contributed by atoms with Gasteiger partial charge in [-0.05, 0) is 0 Å². The number of likely N-dealkylation sites (N-methyl/N-ethyl adjacent to an activating group) is 1. The van der Waals surface area contributed by atoms with E-state index in [0.717, 1.165) is 4.90 Å². The molecule has 0 aromatic carbocycles. The van der Waals surface area contributed by atoms with Crippen LogP contribution in [0.1, 0.15) is 0 Å². The number of hydrogen-bond acceptors (Lipinski definition) is 3. The van der Waals surface area contributed by atoms with Crippen LogP contribution in [0, 0.1) is 0 Å². The third-order valence-corrected chi connectivity index (χ3v) is 2.18. The van der Waals surface area contributed by atoms with Crippen LogP contribution >= 0.6 is 0 Å². The molecule has 1 heterocycles. The van der Waals surface area contributed by atoms with E-state index in [1.165, 1.54) is 7.05 Å². The largest absolute Gasteiger partial charge is 0.390 e. The fourth-order valence-corrected chi connectivity index (χ4v) is 1.36. The van der Waals surface area contributed by atoms with Gasteiger partial charge >= 0.3 is 6.43 Å². The van der Waals surface area contributed by atoms with Crippen molar-refractivity contribution in [3.05, 3.63) is 0 Å². The third-order valence-electron chi connectivity index (χ3n) is 2.18. The highest BCUT2D eigenvalue weighted by Gasteiger charge is 2.33. The second-order valence-corrected chi connectivity index (χ2v) is 3.04. The summed E-state index contributed by atoms with van der Waals surface area (Å²) in [5, 5.41) is 12.1. The Hall–Kier alpha value is -0.750. The normalized spacial score (nSPS) is 28.1. The zero-order valence-electron chi connectivity index (χ0n) is 7.20. The van der Waals surface area contributed by atoms with Gasteiger partial charge < -0.3 is 15.3 Å². The second-order valence-electron chi connectivity index (χ2n) is 3.04. The van der Waals surface area contributed by atoms with Gasteiger partial charge in [-0.25, -0.2) is 0 Å². The van der Waals surface area contributed by atoms with Gasteiger partial charge in [0.2, 0.25) is 0 Å². The van der Waals surface area contributed by atoms with Crippen molar-refractivity contribution >= 4 is 5.91 Å². The standard InChI is InChI=1S/C7H12F2N2O2/c1-11(7(13)6(8)9)4-2-10-3-5(4)12/h4-6,10,12H,2-3H2,1H3/t4-,5-/m1/s1. The quantitative estimate of drug-likeness (QED) is 0.595. The zero-order chi connectivity index (χ0) is 10.0. The predicted octanol–water partition coefficient (Wildman–Crippen LogP) is -0.957. The predicted molar refractivity (Wildman–Crippen MR) is 41.4 cm³/mol. The molecule has 0 bridgehead atoms. The number of amides is 1. The Balaban J connectivity index is 2.56. The lowest BCUT2D eigenvalue weighted by Gasteiger charge is -2.25. The molecule has 0 aromatic rings. The van der Waals surface area contributed by atoms with Gasteiger partial charge in [0.1, 0.15) is 0 Å². The summed E-state index contributed by atoms with van der Waals surface area (Å²) in [5.41, 5.74) is 0. The van der Waals surface area contributed by atoms with E-state index in [1.54, 1.807) is 0 Å². The van der Waals surface area contributed by atoms with Crippen LogP contribution in [0.25, 0.3) is 0 Å². The number of β-amino-alcohol motifs (C(OH)–C–C–N with tert-alkyl or cyclic N) is 1. The Bertz CT molecular complexity index is 201. The van der Waals surface area contributed by atoms with Crippen molar-refractivity contribution < 1.29 is 18.7 Å². The van der Waals surface area contributed by atoms with Crippen LogP contribution in [0.5, 0.6) is 0 Å². The minimum Gasteiger partial charge on any atom is -0.390 e. The summed E-state index contributed by atoms with van der Waals surface area (Å²) < 4.78 is 23.9.